The monoisotopic (exact) mass is 327 g/mol. The highest BCUT2D eigenvalue weighted by Crippen LogP contribution is 2.29. The molecule has 0 unspecified atom stereocenters. The zero-order valence-electron chi connectivity index (χ0n) is 11.5. The van der Waals surface area contributed by atoms with Gasteiger partial charge in [0.15, 0.2) is 10.5 Å². The van der Waals surface area contributed by atoms with Gasteiger partial charge in [-0.1, -0.05) is 6.07 Å². The molecule has 0 aliphatic rings. The van der Waals surface area contributed by atoms with Crippen molar-refractivity contribution in [1.29, 1.82) is 0 Å². The van der Waals surface area contributed by atoms with Crippen LogP contribution in [0.15, 0.2) is 45.1 Å². The Morgan fingerprint density at radius 2 is 2.30 bits per heavy atom. The molecule has 0 saturated heterocycles. The average Bonchev–Trinajstić information content (AvgIpc) is 3.17. The summed E-state index contributed by atoms with van der Waals surface area (Å²) in [6, 6.07) is 5.39. The number of thiazole rings is 1. The summed E-state index contributed by atoms with van der Waals surface area (Å²) in [6.45, 7) is 0. The second-order valence-electron chi connectivity index (χ2n) is 4.82. The fraction of sp³-hybridized carbons (Fsp3) is 0. The Hall–Kier alpha value is -3.13. The molecule has 0 radical (unpaired) electrons. The van der Waals surface area contributed by atoms with Gasteiger partial charge in [-0.25, -0.2) is 14.6 Å². The number of aromatic amines is 1. The fourth-order valence-electron chi connectivity index (χ4n) is 2.41. The van der Waals surface area contributed by atoms with Gasteiger partial charge in [0, 0.05) is 17.0 Å². The Morgan fingerprint density at radius 3 is 3.13 bits per heavy atom. The summed E-state index contributed by atoms with van der Waals surface area (Å²) >= 11 is 1.44. The maximum Gasteiger partial charge on any atom is 0.417 e. The fourth-order valence-corrected chi connectivity index (χ4v) is 3.29. The molecule has 0 bridgehead atoms. The van der Waals surface area contributed by atoms with Gasteiger partial charge in [0.2, 0.25) is 0 Å². The normalized spacial score (nSPS) is 11.8. The van der Waals surface area contributed by atoms with Crippen molar-refractivity contribution in [3.05, 3.63) is 52.1 Å². The van der Waals surface area contributed by atoms with Gasteiger partial charge < -0.3 is 9.52 Å². The van der Waals surface area contributed by atoms with Gasteiger partial charge in [-0.15, -0.1) is 11.3 Å². The molecule has 0 aliphatic carbocycles. The molecule has 0 saturated carbocycles. The average molecular weight is 327 g/mol. The number of fused-ring (bicyclic) bond motifs is 2. The van der Waals surface area contributed by atoms with Crippen LogP contribution in [-0.2, 0) is 4.79 Å². The van der Waals surface area contributed by atoms with Crippen LogP contribution in [0.3, 0.4) is 0 Å². The lowest BCUT2D eigenvalue weighted by Crippen LogP contribution is -1.92. The molecule has 0 atom stereocenters. The number of carboxylic acid groups (broad SMARTS) is 1. The molecule has 23 heavy (non-hydrogen) atoms. The Bertz CT molecular complexity index is 1130. The van der Waals surface area contributed by atoms with Crippen molar-refractivity contribution in [1.82, 2.24) is 14.4 Å². The Kier molecular flexibility index (Phi) is 2.91. The van der Waals surface area contributed by atoms with Crippen molar-refractivity contribution in [2.75, 3.05) is 0 Å². The van der Waals surface area contributed by atoms with Crippen LogP contribution in [0, 0.1) is 0 Å². The van der Waals surface area contributed by atoms with Gasteiger partial charge >= 0.3 is 11.7 Å². The third-order valence-corrected chi connectivity index (χ3v) is 4.23. The summed E-state index contributed by atoms with van der Waals surface area (Å²) in [5, 5.41) is 10.7. The van der Waals surface area contributed by atoms with Crippen LogP contribution in [0.4, 0.5) is 0 Å². The molecule has 4 aromatic rings. The van der Waals surface area contributed by atoms with Crippen LogP contribution in [0.5, 0.6) is 0 Å². The molecule has 3 aromatic heterocycles. The third-order valence-electron chi connectivity index (χ3n) is 3.39. The van der Waals surface area contributed by atoms with Crippen molar-refractivity contribution in [3.8, 4) is 11.3 Å². The Labute approximate surface area is 132 Å². The van der Waals surface area contributed by atoms with Crippen LogP contribution in [0.25, 0.3) is 33.4 Å². The van der Waals surface area contributed by atoms with Gasteiger partial charge in [0.1, 0.15) is 0 Å². The molecule has 7 nitrogen and oxygen atoms in total. The van der Waals surface area contributed by atoms with Crippen molar-refractivity contribution in [2.24, 2.45) is 0 Å². The van der Waals surface area contributed by atoms with E-state index in [1.807, 2.05) is 15.8 Å². The number of imidazole rings is 1. The van der Waals surface area contributed by atoms with E-state index in [0.717, 1.165) is 22.3 Å². The lowest BCUT2D eigenvalue weighted by atomic mass is 10.1. The summed E-state index contributed by atoms with van der Waals surface area (Å²) in [5.74, 6) is -1.52. The summed E-state index contributed by atoms with van der Waals surface area (Å²) < 4.78 is 6.94. The first-order chi connectivity index (χ1) is 11.1. The first-order valence-electron chi connectivity index (χ1n) is 6.61. The Balaban J connectivity index is 1.91. The van der Waals surface area contributed by atoms with Gasteiger partial charge in [-0.3, -0.25) is 9.38 Å². The third kappa shape index (κ3) is 2.25. The second-order valence-corrected chi connectivity index (χ2v) is 5.66. The number of nitrogens with one attached hydrogen (secondary N) is 1. The van der Waals surface area contributed by atoms with E-state index in [2.05, 4.69) is 9.97 Å². The molecule has 114 valence electrons. The van der Waals surface area contributed by atoms with Crippen LogP contribution >= 0.6 is 11.3 Å². The minimum absolute atomic E-state index is 0.467. The highest BCUT2D eigenvalue weighted by Gasteiger charge is 2.12. The molecular weight excluding hydrogens is 318 g/mol. The number of nitrogens with zero attached hydrogens (tertiary/aromatic N) is 2. The molecular formula is C15H9N3O4S. The molecule has 1 aromatic carbocycles. The molecule has 0 aliphatic heterocycles. The number of hydrogen-bond donors (Lipinski definition) is 2. The van der Waals surface area contributed by atoms with E-state index in [1.165, 1.54) is 17.4 Å². The molecule has 4 rings (SSSR count). The van der Waals surface area contributed by atoms with Crippen LogP contribution in [-0.4, -0.2) is 25.4 Å². The van der Waals surface area contributed by atoms with Crippen molar-refractivity contribution >= 4 is 39.4 Å². The standard InChI is InChI=1S/C15H9N3O4S/c19-13(20)4-2-9-6-16-14-18(9)11(7-23-14)8-1-3-10-12(5-8)22-15(21)17-10/h1-7H,(H,17,21)(H,19,20)/b4-2+. The zero-order chi connectivity index (χ0) is 16.0. The molecule has 8 heteroatoms. The molecule has 0 fully saturated rings. The number of carboxylic acids is 1. The summed E-state index contributed by atoms with van der Waals surface area (Å²) in [4.78, 5) is 29.6. The largest absolute Gasteiger partial charge is 0.478 e. The highest BCUT2D eigenvalue weighted by atomic mass is 32.1. The smallest absolute Gasteiger partial charge is 0.417 e. The molecule has 3 heterocycles. The van der Waals surface area contributed by atoms with E-state index < -0.39 is 11.7 Å². The molecule has 0 spiro atoms. The van der Waals surface area contributed by atoms with Crippen molar-refractivity contribution < 1.29 is 14.3 Å². The molecule has 2 N–H and O–H groups in total. The summed E-state index contributed by atoms with van der Waals surface area (Å²) in [6.07, 6.45) is 4.18. The topological polar surface area (TPSA) is 101 Å². The first kappa shape index (κ1) is 13.5. The van der Waals surface area contributed by atoms with E-state index in [0.29, 0.717) is 16.8 Å². The number of hydrogen-bond acceptors (Lipinski definition) is 5. The van der Waals surface area contributed by atoms with E-state index >= 15 is 0 Å². The zero-order valence-corrected chi connectivity index (χ0v) is 12.3. The van der Waals surface area contributed by atoms with Gasteiger partial charge in [-0.05, 0) is 18.2 Å². The van der Waals surface area contributed by atoms with Crippen molar-refractivity contribution in [3.63, 3.8) is 0 Å². The van der Waals surface area contributed by atoms with Crippen molar-refractivity contribution in [2.45, 2.75) is 0 Å². The molecule has 0 amide bonds. The Morgan fingerprint density at radius 1 is 1.43 bits per heavy atom. The highest BCUT2D eigenvalue weighted by molar-refractivity contribution is 7.15. The van der Waals surface area contributed by atoms with Gasteiger partial charge in [0.05, 0.1) is 23.1 Å². The lowest BCUT2D eigenvalue weighted by molar-refractivity contribution is -0.131. The van der Waals surface area contributed by atoms with E-state index in [4.69, 9.17) is 9.52 Å². The lowest BCUT2D eigenvalue weighted by Gasteiger charge is -2.01. The summed E-state index contributed by atoms with van der Waals surface area (Å²) in [7, 11) is 0. The van der Waals surface area contributed by atoms with E-state index in [-0.39, 0.29) is 0 Å². The van der Waals surface area contributed by atoms with Crippen LogP contribution < -0.4 is 5.76 Å². The number of rotatable bonds is 3. The van der Waals surface area contributed by atoms with Gasteiger partial charge in [0.25, 0.3) is 0 Å². The number of benzene rings is 1. The van der Waals surface area contributed by atoms with Crippen LogP contribution in [0.2, 0.25) is 0 Å². The minimum Gasteiger partial charge on any atom is -0.478 e. The second kappa shape index (κ2) is 4.96. The predicted molar refractivity (Wildman–Crippen MR) is 85.6 cm³/mol. The maximum atomic E-state index is 11.3. The maximum absolute atomic E-state index is 11.3. The number of aromatic nitrogens is 3. The number of carbonyl (C=O) groups is 1. The number of oxazole rings is 1. The number of aliphatic carboxylic acids is 1. The quantitative estimate of drug-likeness (QED) is 0.563. The van der Waals surface area contributed by atoms with Crippen LogP contribution in [0.1, 0.15) is 5.69 Å². The SMILES string of the molecule is O=C(O)/C=C/c1cnc2scc(-c3ccc4[nH]c(=O)oc4c3)n12. The van der Waals surface area contributed by atoms with E-state index in [1.54, 1.807) is 18.3 Å². The van der Waals surface area contributed by atoms with E-state index in [9.17, 15) is 9.59 Å². The first-order valence-corrected chi connectivity index (χ1v) is 7.49. The summed E-state index contributed by atoms with van der Waals surface area (Å²) in [5.41, 5.74) is 3.44. The number of H-pyrrole nitrogens is 1. The van der Waals surface area contributed by atoms with Gasteiger partial charge in [-0.2, -0.15) is 0 Å². The predicted octanol–water partition coefficient (Wildman–Crippen LogP) is 2.60. The minimum atomic E-state index is -1.02.